The van der Waals surface area contributed by atoms with E-state index in [1.807, 2.05) is 13.0 Å². The van der Waals surface area contributed by atoms with Gasteiger partial charge in [-0.1, -0.05) is 0 Å². The molecule has 0 aliphatic carbocycles. The van der Waals surface area contributed by atoms with Crippen molar-refractivity contribution in [2.45, 2.75) is 13.5 Å². The van der Waals surface area contributed by atoms with Gasteiger partial charge in [-0.15, -0.1) is 0 Å². The molecule has 0 aromatic carbocycles. The zero-order valence-electron chi connectivity index (χ0n) is 7.85. The first-order chi connectivity index (χ1) is 6.59. The van der Waals surface area contributed by atoms with Crippen LogP contribution in [0.3, 0.4) is 0 Å². The molecule has 1 heterocycles. The van der Waals surface area contributed by atoms with Crippen LogP contribution in [0.15, 0.2) is 16.7 Å². The minimum atomic E-state index is -0.258. The molecule has 1 aromatic rings. The number of guanidine groups is 2. The Hall–Kier alpha value is -1.98. The fourth-order valence-electron chi connectivity index (χ4n) is 0.957. The normalized spacial score (nSPS) is 9.50. The van der Waals surface area contributed by atoms with Gasteiger partial charge in [0.1, 0.15) is 5.76 Å². The number of furan rings is 1. The minimum absolute atomic E-state index is 0.00176. The van der Waals surface area contributed by atoms with Crippen molar-refractivity contribution in [2.75, 3.05) is 0 Å². The fraction of sp³-hybridized carbons (Fsp3) is 0.250. The standard InChI is InChI=1S/C8H13N5O/c1-5-6(2-3-14-5)4-12-8(11)13-7(9)10/h2-3H,4H2,1H3,(H6,9,10,11,12,13). The summed E-state index contributed by atoms with van der Waals surface area (Å²) in [6.45, 7) is 2.32. The quantitative estimate of drug-likeness (QED) is 0.340. The topological polar surface area (TPSA) is 111 Å². The van der Waals surface area contributed by atoms with Gasteiger partial charge in [-0.25, -0.2) is 0 Å². The molecule has 0 atom stereocenters. The van der Waals surface area contributed by atoms with Crippen LogP contribution in [0.5, 0.6) is 0 Å². The minimum Gasteiger partial charge on any atom is -0.469 e. The van der Waals surface area contributed by atoms with Gasteiger partial charge in [0.05, 0.1) is 6.26 Å². The summed E-state index contributed by atoms with van der Waals surface area (Å²) < 4.78 is 5.08. The Kier molecular flexibility index (Phi) is 3.11. The molecule has 0 aliphatic heterocycles. The van der Waals surface area contributed by atoms with E-state index in [4.69, 9.17) is 21.0 Å². The van der Waals surface area contributed by atoms with Gasteiger partial charge >= 0.3 is 0 Å². The summed E-state index contributed by atoms with van der Waals surface area (Å²) in [6.07, 6.45) is 1.59. The maximum absolute atomic E-state index is 7.32. The van der Waals surface area contributed by atoms with E-state index in [0.29, 0.717) is 6.54 Å². The molecule has 0 saturated carbocycles. The van der Waals surface area contributed by atoms with Crippen molar-refractivity contribution in [3.8, 4) is 0 Å². The Labute approximate surface area is 81.5 Å². The van der Waals surface area contributed by atoms with Gasteiger partial charge < -0.3 is 15.5 Å². The van der Waals surface area contributed by atoms with Crippen LogP contribution < -0.4 is 16.4 Å². The average molecular weight is 195 g/mol. The summed E-state index contributed by atoms with van der Waals surface area (Å²) in [5.41, 5.74) is 6.02. The second-order valence-corrected chi connectivity index (χ2v) is 2.77. The molecule has 14 heavy (non-hydrogen) atoms. The SMILES string of the molecule is Cc1occc1CNC(=N)NC(=N)N. The molecule has 6 N–H and O–H groups in total. The molecule has 76 valence electrons. The highest BCUT2D eigenvalue weighted by Gasteiger charge is 2.02. The van der Waals surface area contributed by atoms with Gasteiger partial charge in [-0.05, 0) is 13.0 Å². The van der Waals surface area contributed by atoms with Crippen molar-refractivity contribution in [3.63, 3.8) is 0 Å². The first kappa shape index (κ1) is 10.1. The Morgan fingerprint density at radius 1 is 1.57 bits per heavy atom. The lowest BCUT2D eigenvalue weighted by Gasteiger charge is -2.07. The van der Waals surface area contributed by atoms with E-state index < -0.39 is 0 Å². The first-order valence-corrected chi connectivity index (χ1v) is 4.06. The lowest BCUT2D eigenvalue weighted by Crippen LogP contribution is -2.42. The molecule has 0 unspecified atom stereocenters. The number of hydrogen-bond acceptors (Lipinski definition) is 3. The summed E-state index contributed by atoms with van der Waals surface area (Å²) >= 11 is 0. The highest BCUT2D eigenvalue weighted by molar-refractivity contribution is 5.94. The zero-order valence-corrected chi connectivity index (χ0v) is 7.85. The third-order valence-electron chi connectivity index (χ3n) is 1.68. The summed E-state index contributed by atoms with van der Waals surface area (Å²) in [5.74, 6) is 0.553. The predicted octanol–water partition coefficient (Wildman–Crippen LogP) is 0.0955. The van der Waals surface area contributed by atoms with Gasteiger partial charge in [0.2, 0.25) is 0 Å². The molecule has 0 spiro atoms. The number of nitrogens with one attached hydrogen (secondary N) is 4. The van der Waals surface area contributed by atoms with Crippen molar-refractivity contribution >= 4 is 11.9 Å². The molecule has 6 nitrogen and oxygen atoms in total. The summed E-state index contributed by atoms with van der Waals surface area (Å²) in [5, 5.41) is 19.3. The van der Waals surface area contributed by atoms with E-state index >= 15 is 0 Å². The molecule has 0 saturated heterocycles. The summed E-state index contributed by atoms with van der Waals surface area (Å²) in [6, 6.07) is 1.82. The molecule has 0 fully saturated rings. The van der Waals surface area contributed by atoms with Crippen LogP contribution in [0.25, 0.3) is 0 Å². The largest absolute Gasteiger partial charge is 0.469 e. The van der Waals surface area contributed by atoms with E-state index in [9.17, 15) is 0 Å². The zero-order chi connectivity index (χ0) is 10.6. The van der Waals surface area contributed by atoms with E-state index in [1.54, 1.807) is 6.26 Å². The molecule has 0 amide bonds. The van der Waals surface area contributed by atoms with Crippen LogP contribution in [0.2, 0.25) is 0 Å². The van der Waals surface area contributed by atoms with Crippen molar-refractivity contribution < 1.29 is 4.42 Å². The Bertz CT molecular complexity index is 343. The van der Waals surface area contributed by atoms with E-state index in [-0.39, 0.29) is 11.9 Å². The van der Waals surface area contributed by atoms with Crippen molar-refractivity contribution in [1.82, 2.24) is 10.6 Å². The van der Waals surface area contributed by atoms with Crippen molar-refractivity contribution in [3.05, 3.63) is 23.7 Å². The average Bonchev–Trinajstić information content (AvgIpc) is 2.46. The van der Waals surface area contributed by atoms with Crippen LogP contribution in [0.1, 0.15) is 11.3 Å². The number of nitrogens with two attached hydrogens (primary N) is 1. The van der Waals surface area contributed by atoms with Crippen molar-refractivity contribution in [1.29, 1.82) is 10.8 Å². The maximum atomic E-state index is 7.32. The number of hydrogen-bond donors (Lipinski definition) is 5. The third-order valence-corrected chi connectivity index (χ3v) is 1.68. The van der Waals surface area contributed by atoms with Crippen LogP contribution >= 0.6 is 0 Å². The van der Waals surface area contributed by atoms with Crippen molar-refractivity contribution in [2.24, 2.45) is 5.73 Å². The molecule has 1 rings (SSSR count). The fourth-order valence-corrected chi connectivity index (χ4v) is 0.957. The summed E-state index contributed by atoms with van der Waals surface area (Å²) in [4.78, 5) is 0. The lowest BCUT2D eigenvalue weighted by molar-refractivity contribution is 0.529. The van der Waals surface area contributed by atoms with Crippen LogP contribution in [-0.4, -0.2) is 11.9 Å². The highest BCUT2D eigenvalue weighted by Crippen LogP contribution is 2.07. The smallest absolute Gasteiger partial charge is 0.195 e. The van der Waals surface area contributed by atoms with Gasteiger partial charge in [0.15, 0.2) is 11.9 Å². The van der Waals surface area contributed by atoms with Gasteiger partial charge in [0.25, 0.3) is 0 Å². The second kappa shape index (κ2) is 4.31. The highest BCUT2D eigenvalue weighted by atomic mass is 16.3. The van der Waals surface area contributed by atoms with Gasteiger partial charge in [-0.2, -0.15) is 0 Å². The number of aryl methyl sites for hydroxylation is 1. The molecule has 6 heteroatoms. The Balaban J connectivity index is 2.38. The molecular weight excluding hydrogens is 182 g/mol. The monoisotopic (exact) mass is 195 g/mol. The lowest BCUT2D eigenvalue weighted by atomic mass is 10.2. The molecule has 1 aromatic heterocycles. The second-order valence-electron chi connectivity index (χ2n) is 2.77. The first-order valence-electron chi connectivity index (χ1n) is 4.06. The maximum Gasteiger partial charge on any atom is 0.195 e. The van der Waals surface area contributed by atoms with E-state index in [0.717, 1.165) is 11.3 Å². The number of rotatable bonds is 2. The van der Waals surface area contributed by atoms with Gasteiger partial charge in [0, 0.05) is 12.1 Å². The Morgan fingerprint density at radius 2 is 2.29 bits per heavy atom. The molecule has 0 aliphatic rings. The summed E-state index contributed by atoms with van der Waals surface area (Å²) in [7, 11) is 0. The van der Waals surface area contributed by atoms with E-state index in [2.05, 4.69) is 10.6 Å². The molecule has 0 radical (unpaired) electrons. The van der Waals surface area contributed by atoms with Gasteiger partial charge in [-0.3, -0.25) is 16.1 Å². The predicted molar refractivity (Wildman–Crippen MR) is 53.1 cm³/mol. The molecular formula is C8H13N5O. The third kappa shape index (κ3) is 2.81. The van der Waals surface area contributed by atoms with Crippen LogP contribution in [0, 0.1) is 17.7 Å². The Morgan fingerprint density at radius 3 is 2.79 bits per heavy atom. The van der Waals surface area contributed by atoms with Crippen LogP contribution in [0.4, 0.5) is 0 Å². The van der Waals surface area contributed by atoms with Crippen LogP contribution in [-0.2, 0) is 6.54 Å². The molecule has 0 bridgehead atoms. The van der Waals surface area contributed by atoms with E-state index in [1.165, 1.54) is 0 Å².